The topological polar surface area (TPSA) is 63.2 Å². The van der Waals surface area contributed by atoms with Crippen molar-refractivity contribution >= 4 is 5.91 Å². The molecule has 1 amide bonds. The number of methoxy groups -OCH3 is 1. The monoisotopic (exact) mass is 251 g/mol. The molecule has 1 atom stereocenters. The number of hydrogen-bond acceptors (Lipinski definition) is 4. The van der Waals surface area contributed by atoms with Gasteiger partial charge in [-0.15, -0.1) is 0 Å². The summed E-state index contributed by atoms with van der Waals surface area (Å²) in [7, 11) is 1.58. The van der Waals surface area contributed by atoms with Crippen molar-refractivity contribution in [3.8, 4) is 5.88 Å². The van der Waals surface area contributed by atoms with E-state index < -0.39 is 0 Å². The molecule has 5 nitrogen and oxygen atoms in total. The van der Waals surface area contributed by atoms with Crippen LogP contribution < -0.4 is 15.4 Å². The molecule has 18 heavy (non-hydrogen) atoms. The zero-order chi connectivity index (χ0) is 13.4. The van der Waals surface area contributed by atoms with Crippen LogP contribution in [-0.4, -0.2) is 30.6 Å². The number of hydrogen-bond donors (Lipinski definition) is 2. The molecule has 5 heteroatoms. The molecule has 1 rings (SSSR count). The van der Waals surface area contributed by atoms with E-state index in [0.717, 1.165) is 18.5 Å². The Kier molecular flexibility index (Phi) is 6.14. The highest BCUT2D eigenvalue weighted by atomic mass is 16.5. The van der Waals surface area contributed by atoms with Crippen LogP contribution in [0.1, 0.15) is 25.8 Å². The molecule has 1 unspecified atom stereocenters. The van der Waals surface area contributed by atoms with Crippen molar-refractivity contribution in [3.63, 3.8) is 0 Å². The Bertz CT molecular complexity index is 365. The quantitative estimate of drug-likeness (QED) is 0.761. The van der Waals surface area contributed by atoms with Crippen LogP contribution in [0.3, 0.4) is 0 Å². The predicted molar refractivity (Wildman–Crippen MR) is 70.4 cm³/mol. The van der Waals surface area contributed by atoms with E-state index in [1.54, 1.807) is 19.4 Å². The third-order valence-electron chi connectivity index (χ3n) is 2.56. The number of ether oxygens (including phenoxy) is 1. The maximum Gasteiger partial charge on any atom is 0.236 e. The third-order valence-corrected chi connectivity index (χ3v) is 2.56. The zero-order valence-corrected chi connectivity index (χ0v) is 11.2. The molecule has 100 valence electrons. The van der Waals surface area contributed by atoms with Gasteiger partial charge < -0.3 is 15.4 Å². The van der Waals surface area contributed by atoms with Crippen LogP contribution in [0.25, 0.3) is 0 Å². The second-order valence-corrected chi connectivity index (χ2v) is 4.10. The van der Waals surface area contributed by atoms with Crippen molar-refractivity contribution in [2.75, 3.05) is 13.7 Å². The molecule has 1 heterocycles. The summed E-state index contributed by atoms with van der Waals surface area (Å²) >= 11 is 0. The van der Waals surface area contributed by atoms with Gasteiger partial charge in [-0.25, -0.2) is 4.98 Å². The van der Waals surface area contributed by atoms with Gasteiger partial charge >= 0.3 is 0 Å². The number of carbonyl (C=O) groups excluding carboxylic acids is 1. The van der Waals surface area contributed by atoms with Crippen LogP contribution in [0.15, 0.2) is 18.3 Å². The molecular weight excluding hydrogens is 230 g/mol. The van der Waals surface area contributed by atoms with Crippen LogP contribution >= 0.6 is 0 Å². The SMILES string of the molecule is CCCNC(=O)C(C)NCc1ccc(OC)nc1. The first-order valence-corrected chi connectivity index (χ1v) is 6.17. The molecule has 0 aliphatic heterocycles. The molecule has 0 radical (unpaired) electrons. The maximum absolute atomic E-state index is 11.6. The van der Waals surface area contributed by atoms with Gasteiger partial charge in [-0.05, 0) is 18.9 Å². The van der Waals surface area contributed by atoms with E-state index in [0.29, 0.717) is 12.4 Å². The van der Waals surface area contributed by atoms with E-state index in [1.165, 1.54) is 0 Å². The van der Waals surface area contributed by atoms with Gasteiger partial charge in [0, 0.05) is 25.4 Å². The van der Waals surface area contributed by atoms with Gasteiger partial charge in [-0.2, -0.15) is 0 Å². The van der Waals surface area contributed by atoms with Crippen molar-refractivity contribution in [1.29, 1.82) is 0 Å². The molecule has 1 aromatic rings. The van der Waals surface area contributed by atoms with E-state index in [4.69, 9.17) is 4.74 Å². The molecule has 1 aromatic heterocycles. The maximum atomic E-state index is 11.6. The highest BCUT2D eigenvalue weighted by molar-refractivity contribution is 5.81. The average Bonchev–Trinajstić information content (AvgIpc) is 2.42. The normalized spacial score (nSPS) is 11.9. The minimum absolute atomic E-state index is 0.0262. The molecule has 0 spiro atoms. The number of amides is 1. The summed E-state index contributed by atoms with van der Waals surface area (Å²) < 4.78 is 4.98. The summed E-state index contributed by atoms with van der Waals surface area (Å²) in [6.07, 6.45) is 2.68. The number of carbonyl (C=O) groups is 1. The van der Waals surface area contributed by atoms with Crippen molar-refractivity contribution < 1.29 is 9.53 Å². The first-order valence-electron chi connectivity index (χ1n) is 6.17. The second-order valence-electron chi connectivity index (χ2n) is 4.10. The van der Waals surface area contributed by atoms with E-state index >= 15 is 0 Å². The van der Waals surface area contributed by atoms with E-state index in [9.17, 15) is 4.79 Å². The fraction of sp³-hybridized carbons (Fsp3) is 0.538. The predicted octanol–water partition coefficient (Wildman–Crippen LogP) is 1.09. The van der Waals surface area contributed by atoms with Gasteiger partial charge in [0.1, 0.15) is 0 Å². The first kappa shape index (κ1) is 14.4. The molecule has 0 bridgehead atoms. The van der Waals surface area contributed by atoms with Gasteiger partial charge in [0.15, 0.2) is 0 Å². The summed E-state index contributed by atoms with van der Waals surface area (Å²) in [6, 6.07) is 3.52. The van der Waals surface area contributed by atoms with E-state index in [2.05, 4.69) is 15.6 Å². The Morgan fingerprint density at radius 1 is 1.50 bits per heavy atom. The van der Waals surface area contributed by atoms with E-state index in [-0.39, 0.29) is 11.9 Å². The minimum Gasteiger partial charge on any atom is -0.481 e. The molecule has 0 aliphatic carbocycles. The summed E-state index contributed by atoms with van der Waals surface area (Å²) in [5.41, 5.74) is 1.02. The first-order chi connectivity index (χ1) is 8.67. The largest absolute Gasteiger partial charge is 0.481 e. The Hall–Kier alpha value is -1.62. The lowest BCUT2D eigenvalue weighted by molar-refractivity contribution is -0.122. The molecule has 0 aromatic carbocycles. The van der Waals surface area contributed by atoms with Crippen LogP contribution in [0.5, 0.6) is 5.88 Å². The van der Waals surface area contributed by atoms with Crippen molar-refractivity contribution in [3.05, 3.63) is 23.9 Å². The lowest BCUT2D eigenvalue weighted by atomic mass is 10.2. The standard InChI is InChI=1S/C13H21N3O2/c1-4-7-14-13(17)10(2)15-8-11-5-6-12(18-3)16-9-11/h5-6,9-10,15H,4,7-8H2,1-3H3,(H,14,17). The number of rotatable bonds is 7. The van der Waals surface area contributed by atoms with E-state index in [1.807, 2.05) is 19.9 Å². The summed E-state index contributed by atoms with van der Waals surface area (Å²) in [6.45, 7) is 5.20. The highest BCUT2D eigenvalue weighted by Crippen LogP contribution is 2.06. The zero-order valence-electron chi connectivity index (χ0n) is 11.2. The van der Waals surface area contributed by atoms with Crippen molar-refractivity contribution in [2.24, 2.45) is 0 Å². The van der Waals surface area contributed by atoms with Crippen LogP contribution in [-0.2, 0) is 11.3 Å². The molecule has 0 aliphatic rings. The van der Waals surface area contributed by atoms with Crippen LogP contribution in [0, 0.1) is 0 Å². The highest BCUT2D eigenvalue weighted by Gasteiger charge is 2.10. The molecule has 0 fully saturated rings. The Morgan fingerprint density at radius 3 is 2.83 bits per heavy atom. The Labute approximate surface area is 108 Å². The Balaban J connectivity index is 2.36. The van der Waals surface area contributed by atoms with Gasteiger partial charge in [-0.3, -0.25) is 4.79 Å². The summed E-state index contributed by atoms with van der Waals surface area (Å²) in [5.74, 6) is 0.616. The van der Waals surface area contributed by atoms with Crippen LogP contribution in [0.4, 0.5) is 0 Å². The number of pyridine rings is 1. The van der Waals surface area contributed by atoms with Gasteiger partial charge in [0.2, 0.25) is 11.8 Å². The van der Waals surface area contributed by atoms with Crippen molar-refractivity contribution in [1.82, 2.24) is 15.6 Å². The number of aromatic nitrogens is 1. The van der Waals surface area contributed by atoms with Crippen LogP contribution in [0.2, 0.25) is 0 Å². The van der Waals surface area contributed by atoms with Crippen molar-refractivity contribution in [2.45, 2.75) is 32.9 Å². The second kappa shape index (κ2) is 7.66. The molecular formula is C13H21N3O2. The fourth-order valence-corrected chi connectivity index (χ4v) is 1.40. The molecule has 0 saturated carbocycles. The number of nitrogens with one attached hydrogen (secondary N) is 2. The average molecular weight is 251 g/mol. The third kappa shape index (κ3) is 4.71. The molecule has 2 N–H and O–H groups in total. The smallest absolute Gasteiger partial charge is 0.236 e. The summed E-state index contributed by atoms with van der Waals surface area (Å²) in [5, 5.41) is 6.00. The lowest BCUT2D eigenvalue weighted by Crippen LogP contribution is -2.42. The minimum atomic E-state index is -0.210. The molecule has 0 saturated heterocycles. The fourth-order valence-electron chi connectivity index (χ4n) is 1.40. The van der Waals surface area contributed by atoms with Gasteiger partial charge in [0.05, 0.1) is 13.2 Å². The Morgan fingerprint density at radius 2 is 2.28 bits per heavy atom. The number of nitrogens with zero attached hydrogens (tertiary/aromatic N) is 1. The van der Waals surface area contributed by atoms with Gasteiger partial charge in [-0.1, -0.05) is 13.0 Å². The lowest BCUT2D eigenvalue weighted by Gasteiger charge is -2.13. The van der Waals surface area contributed by atoms with Gasteiger partial charge in [0.25, 0.3) is 0 Å². The summed E-state index contributed by atoms with van der Waals surface area (Å²) in [4.78, 5) is 15.7.